The number of carbonyl (C=O) groups is 2. The largest absolute Gasteiger partial charge is 0.772 e. The van der Waals surface area contributed by atoms with Crippen molar-refractivity contribution in [2.45, 2.75) is 50.1 Å². The Morgan fingerprint density at radius 1 is 0.954 bits per heavy atom. The number of hydrogen-bond acceptors (Lipinski definition) is 15. The van der Waals surface area contributed by atoms with Crippen LogP contribution < -0.4 is 9.74 Å². The van der Waals surface area contributed by atoms with E-state index in [9.17, 15) is 54.5 Å². The maximum Gasteiger partial charge on any atom is 0.363 e. The fourth-order valence-corrected chi connectivity index (χ4v) is 9.33. The van der Waals surface area contributed by atoms with Crippen LogP contribution in [0.4, 0.5) is 5.69 Å². The Labute approximate surface area is 378 Å². The Hall–Kier alpha value is -5.88. The molecule has 4 N–H and O–H groups in total. The summed E-state index contributed by atoms with van der Waals surface area (Å²) in [6.07, 6.45) is 11.9. The molecule has 0 aliphatic carbocycles. The molecule has 3 atom stereocenters. The topological polar surface area (TPSA) is 269 Å². The monoisotopic (exact) mass is 954 g/mol. The molecule has 3 aliphatic rings. The van der Waals surface area contributed by atoms with E-state index in [-0.39, 0.29) is 24.3 Å². The van der Waals surface area contributed by atoms with Crippen molar-refractivity contribution in [3.05, 3.63) is 131 Å². The summed E-state index contributed by atoms with van der Waals surface area (Å²) in [5.41, 5.74) is 1.83. The van der Waals surface area contributed by atoms with Crippen LogP contribution in [0.2, 0.25) is 0 Å². The Morgan fingerprint density at radius 2 is 1.63 bits per heavy atom. The van der Waals surface area contributed by atoms with Gasteiger partial charge >= 0.3 is 5.97 Å². The third-order valence-corrected chi connectivity index (χ3v) is 13.7. The number of likely N-dealkylation sites (N-methyl/N-ethyl adjacent to an activating group) is 1. The number of fused-ring (bicyclic) bond motifs is 2. The number of benzene rings is 2. The lowest BCUT2D eigenvalue weighted by Gasteiger charge is -2.35. The number of anilines is 1. The van der Waals surface area contributed by atoms with Gasteiger partial charge in [-0.05, 0) is 85.0 Å². The van der Waals surface area contributed by atoms with Crippen molar-refractivity contribution in [2.24, 2.45) is 10.4 Å². The summed E-state index contributed by atoms with van der Waals surface area (Å²) in [6.45, 7) is 6.04. The first-order valence-corrected chi connectivity index (χ1v) is 24.3. The van der Waals surface area contributed by atoms with Gasteiger partial charge in [0, 0.05) is 66.7 Å². The molecule has 3 unspecified atom stereocenters. The predicted molar refractivity (Wildman–Crippen MR) is 239 cm³/mol. The van der Waals surface area contributed by atoms with Gasteiger partial charge in [0.05, 0.1) is 34.3 Å². The molecule has 0 spiro atoms. The molecule has 0 bridgehead atoms. The maximum atomic E-state index is 13.2. The molecule has 2 aromatic carbocycles. The number of allylic oxidation sites excluding steroid dienone is 6. The van der Waals surface area contributed by atoms with Crippen LogP contribution in [0.5, 0.6) is 11.8 Å². The van der Waals surface area contributed by atoms with E-state index >= 15 is 0 Å². The smallest absolute Gasteiger partial charge is 0.363 e. The molecule has 0 fully saturated rings. The zero-order valence-electron chi connectivity index (χ0n) is 35.9. The predicted octanol–water partition coefficient (Wildman–Crippen LogP) is 4.04. The van der Waals surface area contributed by atoms with E-state index in [1.165, 1.54) is 44.5 Å². The highest BCUT2D eigenvalue weighted by Gasteiger charge is 2.46. The van der Waals surface area contributed by atoms with Crippen molar-refractivity contribution < 1.29 is 64.2 Å². The molecular formula is C43H48N5O14S3-. The van der Waals surface area contributed by atoms with Crippen LogP contribution >= 0.6 is 0 Å². The van der Waals surface area contributed by atoms with Gasteiger partial charge in [-0.1, -0.05) is 55.3 Å². The lowest BCUT2D eigenvalue weighted by atomic mass is 9.75. The van der Waals surface area contributed by atoms with Gasteiger partial charge < -0.3 is 29.4 Å². The minimum absolute atomic E-state index is 0.0200. The van der Waals surface area contributed by atoms with Gasteiger partial charge in [-0.3, -0.25) is 27.9 Å². The standard InChI is InChI=1S/C43H49N5O14S3/c1-42(2)33-25-29(40(51)45(4)61-5)27-46(21-9-23-63(53)54)39(33)44-35(42)11-7-6-8-12-36-43(3,30-15-13-28(14-16-30)41(52)62-48-37(49)19-20-38(48)50)32-26-31(65(58,59)60)17-18-34(32)47(36)22-10-24-64(55,56)57/h6-8,11-20,25-27,39,49-50H,9-10,21-24H2,1-5H3,(H,53,54)(H,55,56,57)(H,58,59,60)/p-1. The van der Waals surface area contributed by atoms with Gasteiger partial charge in [-0.25, -0.2) is 9.86 Å². The van der Waals surface area contributed by atoms with Gasteiger partial charge in [-0.15, -0.1) is 4.73 Å². The molecule has 3 aromatic rings. The van der Waals surface area contributed by atoms with E-state index in [0.29, 0.717) is 51.5 Å². The van der Waals surface area contributed by atoms with Crippen molar-refractivity contribution in [2.75, 3.05) is 43.7 Å². The minimum Gasteiger partial charge on any atom is -0.772 e. The van der Waals surface area contributed by atoms with Crippen LogP contribution in [0.1, 0.15) is 55.1 Å². The van der Waals surface area contributed by atoms with E-state index in [1.54, 1.807) is 66.6 Å². The summed E-state index contributed by atoms with van der Waals surface area (Å²) in [6, 6.07) is 12.3. The third-order valence-electron chi connectivity index (χ3n) is 11.4. The molecule has 1 amide bonds. The molecule has 22 heteroatoms. The molecule has 0 radical (unpaired) electrons. The molecule has 0 saturated carbocycles. The average Bonchev–Trinajstić information content (AvgIpc) is 3.79. The summed E-state index contributed by atoms with van der Waals surface area (Å²) in [4.78, 5) is 44.7. The molecule has 3 aliphatic heterocycles. The third kappa shape index (κ3) is 10.3. The summed E-state index contributed by atoms with van der Waals surface area (Å²) in [7, 11) is -6.21. The van der Waals surface area contributed by atoms with E-state index < -0.39 is 82.6 Å². The van der Waals surface area contributed by atoms with Gasteiger partial charge in [0.25, 0.3) is 26.1 Å². The fraction of sp³-hybridized carbons (Fsp3) is 0.326. The van der Waals surface area contributed by atoms with Crippen LogP contribution in [0.15, 0.2) is 124 Å². The van der Waals surface area contributed by atoms with Crippen molar-refractivity contribution in [1.82, 2.24) is 14.7 Å². The van der Waals surface area contributed by atoms with E-state index in [4.69, 9.17) is 14.7 Å². The van der Waals surface area contributed by atoms with Gasteiger partial charge in [0.1, 0.15) is 6.17 Å². The first-order chi connectivity index (χ1) is 30.5. The van der Waals surface area contributed by atoms with Crippen LogP contribution in [-0.4, -0.2) is 122 Å². The lowest BCUT2D eigenvalue weighted by Crippen LogP contribution is -2.38. The Bertz CT molecular complexity index is 2790. The zero-order valence-corrected chi connectivity index (χ0v) is 38.3. The number of hydrogen-bond donors (Lipinski definition) is 4. The zero-order chi connectivity index (χ0) is 47.6. The Balaban J connectivity index is 1.38. The average molecular weight is 955 g/mol. The molecule has 0 saturated heterocycles. The molecule has 19 nitrogen and oxygen atoms in total. The first-order valence-electron chi connectivity index (χ1n) is 20.0. The highest BCUT2D eigenvalue weighted by molar-refractivity contribution is 7.86. The number of rotatable bonds is 17. The summed E-state index contributed by atoms with van der Waals surface area (Å²) in [5.74, 6) is -3.03. The number of aliphatic imine (C=N–C) groups is 1. The van der Waals surface area contributed by atoms with Crippen LogP contribution in [-0.2, 0) is 46.4 Å². The number of aromatic nitrogens is 1. The van der Waals surface area contributed by atoms with E-state index in [2.05, 4.69) is 0 Å². The van der Waals surface area contributed by atoms with Crippen LogP contribution in [0.3, 0.4) is 0 Å². The Morgan fingerprint density at radius 3 is 2.25 bits per heavy atom. The maximum absolute atomic E-state index is 13.2. The summed E-state index contributed by atoms with van der Waals surface area (Å²) in [5, 5.41) is 21.0. The van der Waals surface area contributed by atoms with Crippen molar-refractivity contribution in [3.63, 3.8) is 0 Å². The van der Waals surface area contributed by atoms with Crippen molar-refractivity contribution in [1.29, 1.82) is 0 Å². The molecular weight excluding hydrogens is 907 g/mol. The quantitative estimate of drug-likeness (QED) is 0.0644. The molecule has 6 rings (SSSR count). The first kappa shape index (κ1) is 48.6. The second-order valence-electron chi connectivity index (χ2n) is 15.9. The highest BCUT2D eigenvalue weighted by atomic mass is 32.2. The summed E-state index contributed by atoms with van der Waals surface area (Å²) >= 11 is -2.25. The second kappa shape index (κ2) is 18.9. The second-order valence-corrected chi connectivity index (χ2v) is 20.0. The number of aromatic hydroxyl groups is 2. The molecule has 348 valence electrons. The molecule has 65 heavy (non-hydrogen) atoms. The number of nitrogens with zero attached hydrogens (tertiary/aromatic N) is 5. The molecule has 1 aromatic heterocycles. The van der Waals surface area contributed by atoms with Crippen LogP contribution in [0, 0.1) is 5.41 Å². The molecule has 4 heterocycles. The highest BCUT2D eigenvalue weighted by Crippen LogP contribution is 2.52. The van der Waals surface area contributed by atoms with Crippen molar-refractivity contribution in [3.8, 4) is 11.8 Å². The number of hydroxylamine groups is 2. The number of carbonyl (C=O) groups excluding carboxylic acids is 2. The van der Waals surface area contributed by atoms with Gasteiger partial charge in [0.15, 0.2) is 0 Å². The van der Waals surface area contributed by atoms with Gasteiger partial charge in [-0.2, -0.15) is 16.8 Å². The Kier molecular flexibility index (Phi) is 14.1. The fourth-order valence-electron chi connectivity index (χ4n) is 7.96. The number of amides is 1. The SMILES string of the molecule is CON(C)C(=O)C1=CN(CCCS(=O)[O-])C2N=C(C=CC=CC=C3N(CCCS(=O)(=O)O)c4ccc(S(=O)(=O)O)cc4C3(C)c3ccc(C(=O)On4c(O)ccc4O)cc3)C(C)(C)C2=C1. The van der Waals surface area contributed by atoms with Crippen molar-refractivity contribution >= 4 is 54.6 Å². The van der Waals surface area contributed by atoms with E-state index in [0.717, 1.165) is 22.8 Å². The van der Waals surface area contributed by atoms with E-state index in [1.807, 2.05) is 18.7 Å². The minimum atomic E-state index is -4.70. The van der Waals surface area contributed by atoms with Gasteiger partial charge in [0.2, 0.25) is 11.8 Å². The van der Waals surface area contributed by atoms with Crippen LogP contribution in [0.25, 0.3) is 0 Å². The lowest BCUT2D eigenvalue weighted by molar-refractivity contribution is -0.163. The normalized spacial score (nSPS) is 20.5. The summed E-state index contributed by atoms with van der Waals surface area (Å²) < 4.78 is 91.3.